The monoisotopic (exact) mass is 378 g/mol. The molecule has 2 aromatic carbocycles. The molecule has 1 saturated heterocycles. The first-order valence-electron chi connectivity index (χ1n) is 10.2. The fraction of sp³-hybridized carbons (Fsp3) is 0.417. The Morgan fingerprint density at radius 1 is 1.19 bits per heavy atom. The highest BCUT2D eigenvalue weighted by Crippen LogP contribution is 2.33. The first-order valence-corrected chi connectivity index (χ1v) is 11.2. The molecule has 2 aromatic rings. The van der Waals surface area contributed by atoms with Gasteiger partial charge in [-0.1, -0.05) is 43.8 Å². The summed E-state index contributed by atoms with van der Waals surface area (Å²) in [5.41, 5.74) is 7.01. The molecular formula is C24H30N2S. The lowest BCUT2D eigenvalue weighted by atomic mass is 9.87. The van der Waals surface area contributed by atoms with E-state index in [2.05, 4.69) is 60.1 Å². The molecule has 27 heavy (non-hydrogen) atoms. The van der Waals surface area contributed by atoms with E-state index in [1.807, 2.05) is 17.8 Å². The van der Waals surface area contributed by atoms with Gasteiger partial charge in [0.2, 0.25) is 0 Å². The number of hydrogen-bond donors (Lipinski definition) is 1. The fourth-order valence-electron chi connectivity index (χ4n) is 4.35. The first-order chi connectivity index (χ1) is 13.3. The SMILES string of the molecule is C=Cc1ccc(C2CCN(Cc3ccc4c(c3)NCCS4)CC2)cc1CC. The Bertz CT molecular complexity index is 806. The molecule has 0 atom stereocenters. The van der Waals surface area contributed by atoms with Gasteiger partial charge in [0.1, 0.15) is 0 Å². The lowest BCUT2D eigenvalue weighted by Crippen LogP contribution is -2.32. The minimum absolute atomic E-state index is 0.701. The lowest BCUT2D eigenvalue weighted by molar-refractivity contribution is 0.204. The molecule has 0 bridgehead atoms. The number of likely N-dealkylation sites (tertiary alicyclic amines) is 1. The zero-order chi connectivity index (χ0) is 18.6. The predicted octanol–water partition coefficient (Wildman–Crippen LogP) is 5.79. The smallest absolute Gasteiger partial charge is 0.0481 e. The Hall–Kier alpha value is -1.71. The number of benzene rings is 2. The maximum Gasteiger partial charge on any atom is 0.0481 e. The van der Waals surface area contributed by atoms with Crippen LogP contribution in [0.15, 0.2) is 47.9 Å². The van der Waals surface area contributed by atoms with Crippen molar-refractivity contribution in [2.24, 2.45) is 0 Å². The number of anilines is 1. The molecule has 3 heteroatoms. The van der Waals surface area contributed by atoms with E-state index in [0.717, 1.165) is 19.5 Å². The maximum atomic E-state index is 3.95. The minimum Gasteiger partial charge on any atom is -0.383 e. The van der Waals surface area contributed by atoms with Crippen molar-refractivity contribution in [3.63, 3.8) is 0 Å². The summed E-state index contributed by atoms with van der Waals surface area (Å²) in [7, 11) is 0. The van der Waals surface area contributed by atoms with E-state index in [4.69, 9.17) is 0 Å². The first kappa shape index (κ1) is 18.6. The Labute approximate surface area is 168 Å². The van der Waals surface area contributed by atoms with Crippen LogP contribution in [0.3, 0.4) is 0 Å². The molecule has 0 aromatic heterocycles. The summed E-state index contributed by atoms with van der Waals surface area (Å²) in [4.78, 5) is 4.02. The van der Waals surface area contributed by atoms with Crippen molar-refractivity contribution in [2.75, 3.05) is 30.7 Å². The van der Waals surface area contributed by atoms with Crippen LogP contribution in [0.25, 0.3) is 6.08 Å². The molecule has 142 valence electrons. The van der Waals surface area contributed by atoms with Gasteiger partial charge in [-0.3, -0.25) is 4.90 Å². The van der Waals surface area contributed by atoms with E-state index in [1.54, 1.807) is 0 Å². The largest absolute Gasteiger partial charge is 0.383 e. The summed E-state index contributed by atoms with van der Waals surface area (Å²) < 4.78 is 0. The second kappa shape index (κ2) is 8.53. The number of fused-ring (bicyclic) bond motifs is 1. The van der Waals surface area contributed by atoms with Crippen molar-refractivity contribution in [2.45, 2.75) is 43.5 Å². The summed E-state index contributed by atoms with van der Waals surface area (Å²) in [6.45, 7) is 10.7. The van der Waals surface area contributed by atoms with Crippen molar-refractivity contribution >= 4 is 23.5 Å². The number of rotatable bonds is 5. The van der Waals surface area contributed by atoms with Crippen LogP contribution in [0.5, 0.6) is 0 Å². The topological polar surface area (TPSA) is 15.3 Å². The molecule has 0 unspecified atom stereocenters. The summed E-state index contributed by atoms with van der Waals surface area (Å²) in [6.07, 6.45) is 5.58. The van der Waals surface area contributed by atoms with Crippen LogP contribution >= 0.6 is 11.8 Å². The van der Waals surface area contributed by atoms with Crippen LogP contribution in [0.2, 0.25) is 0 Å². The van der Waals surface area contributed by atoms with Crippen LogP contribution < -0.4 is 5.32 Å². The van der Waals surface area contributed by atoms with E-state index < -0.39 is 0 Å². The molecule has 0 saturated carbocycles. The van der Waals surface area contributed by atoms with E-state index in [-0.39, 0.29) is 0 Å². The molecule has 0 aliphatic carbocycles. The third-order valence-electron chi connectivity index (χ3n) is 5.95. The molecule has 2 heterocycles. The summed E-state index contributed by atoms with van der Waals surface area (Å²) >= 11 is 1.96. The van der Waals surface area contributed by atoms with E-state index in [0.29, 0.717) is 5.92 Å². The normalized spacial score (nSPS) is 18.0. The second-order valence-corrected chi connectivity index (χ2v) is 8.81. The summed E-state index contributed by atoms with van der Waals surface area (Å²) in [5, 5.41) is 3.54. The quantitative estimate of drug-likeness (QED) is 0.709. The van der Waals surface area contributed by atoms with E-state index >= 15 is 0 Å². The number of thioether (sulfide) groups is 1. The maximum absolute atomic E-state index is 3.95. The molecule has 2 aliphatic heterocycles. The molecule has 0 spiro atoms. The number of nitrogens with one attached hydrogen (secondary N) is 1. The van der Waals surface area contributed by atoms with Crippen molar-refractivity contribution in [1.29, 1.82) is 0 Å². The Kier molecular flexibility index (Phi) is 5.89. The van der Waals surface area contributed by atoms with Gasteiger partial charge in [0, 0.05) is 29.4 Å². The zero-order valence-electron chi connectivity index (χ0n) is 16.3. The Balaban J connectivity index is 1.37. The van der Waals surface area contributed by atoms with Crippen LogP contribution in [0.1, 0.15) is 47.9 Å². The van der Waals surface area contributed by atoms with E-state index in [1.165, 1.54) is 64.5 Å². The number of hydrogen-bond acceptors (Lipinski definition) is 3. The number of nitrogens with zero attached hydrogens (tertiary/aromatic N) is 1. The van der Waals surface area contributed by atoms with Gasteiger partial charge in [-0.25, -0.2) is 0 Å². The Morgan fingerprint density at radius 2 is 2.04 bits per heavy atom. The molecule has 0 amide bonds. The zero-order valence-corrected chi connectivity index (χ0v) is 17.2. The molecular weight excluding hydrogens is 348 g/mol. The predicted molar refractivity (Wildman–Crippen MR) is 119 cm³/mol. The third-order valence-corrected chi connectivity index (χ3v) is 7.03. The number of aryl methyl sites for hydroxylation is 1. The van der Waals surface area contributed by atoms with Gasteiger partial charge in [0.05, 0.1) is 0 Å². The van der Waals surface area contributed by atoms with Crippen LogP contribution in [0.4, 0.5) is 5.69 Å². The third kappa shape index (κ3) is 4.25. The van der Waals surface area contributed by atoms with Crippen LogP contribution in [-0.4, -0.2) is 30.3 Å². The van der Waals surface area contributed by atoms with Crippen LogP contribution in [0, 0.1) is 0 Å². The van der Waals surface area contributed by atoms with Gasteiger partial charge < -0.3 is 5.32 Å². The van der Waals surface area contributed by atoms with Crippen LogP contribution in [-0.2, 0) is 13.0 Å². The Morgan fingerprint density at radius 3 is 2.81 bits per heavy atom. The van der Waals surface area contributed by atoms with Gasteiger partial charge in [0.25, 0.3) is 0 Å². The van der Waals surface area contributed by atoms with Crippen molar-refractivity contribution in [3.8, 4) is 0 Å². The van der Waals surface area contributed by atoms with Crippen molar-refractivity contribution in [3.05, 3.63) is 65.2 Å². The molecule has 2 nitrogen and oxygen atoms in total. The molecule has 2 aliphatic rings. The average molecular weight is 379 g/mol. The van der Waals surface area contributed by atoms with Crippen molar-refractivity contribution < 1.29 is 0 Å². The highest BCUT2D eigenvalue weighted by molar-refractivity contribution is 7.99. The second-order valence-electron chi connectivity index (χ2n) is 7.67. The molecule has 4 rings (SSSR count). The fourth-order valence-corrected chi connectivity index (χ4v) is 5.23. The molecule has 1 N–H and O–H groups in total. The van der Waals surface area contributed by atoms with Gasteiger partial charge in [-0.05, 0) is 72.7 Å². The van der Waals surface area contributed by atoms with E-state index in [9.17, 15) is 0 Å². The standard InChI is InChI=1S/C24H30N2S/c1-3-19-6-7-22(16-20(19)4-2)21-9-12-26(13-10-21)17-18-5-8-24-23(15-18)25-11-14-27-24/h3,5-8,15-16,21,25H,1,4,9-14,17H2,2H3. The molecule has 0 radical (unpaired) electrons. The minimum atomic E-state index is 0.701. The highest BCUT2D eigenvalue weighted by Gasteiger charge is 2.21. The van der Waals surface area contributed by atoms with Gasteiger partial charge in [0.15, 0.2) is 0 Å². The van der Waals surface area contributed by atoms with Gasteiger partial charge in [-0.2, -0.15) is 0 Å². The van der Waals surface area contributed by atoms with Crippen molar-refractivity contribution in [1.82, 2.24) is 4.90 Å². The number of piperidine rings is 1. The highest BCUT2D eigenvalue weighted by atomic mass is 32.2. The summed E-state index contributed by atoms with van der Waals surface area (Å²) in [5.74, 6) is 1.87. The summed E-state index contributed by atoms with van der Waals surface area (Å²) in [6, 6.07) is 14.0. The lowest BCUT2D eigenvalue weighted by Gasteiger charge is -2.32. The molecule has 1 fully saturated rings. The average Bonchev–Trinajstić information content (AvgIpc) is 2.73. The van der Waals surface area contributed by atoms with Gasteiger partial charge >= 0.3 is 0 Å². The van der Waals surface area contributed by atoms with Gasteiger partial charge in [-0.15, -0.1) is 11.8 Å².